The molecule has 2 aromatic rings. The summed E-state index contributed by atoms with van der Waals surface area (Å²) in [5.74, 6) is -1.85. The molecule has 0 aliphatic rings. The molecule has 0 spiro atoms. The molecule has 6 heteroatoms. The highest BCUT2D eigenvalue weighted by Gasteiger charge is 2.15. The summed E-state index contributed by atoms with van der Waals surface area (Å²) in [7, 11) is 1.65. The lowest BCUT2D eigenvalue weighted by molar-refractivity contribution is 0.203. The summed E-state index contributed by atoms with van der Waals surface area (Å²) in [5.41, 5.74) is 1.39. The van der Waals surface area contributed by atoms with Crippen molar-refractivity contribution in [2.24, 2.45) is 0 Å². The molecule has 0 bridgehead atoms. The SMILES string of the molecule is CC(NC(=O)N(C)Cc1cccc(Cl)c1)c1ccc(F)c(F)c1. The number of halogens is 3. The van der Waals surface area contributed by atoms with Gasteiger partial charge in [-0.3, -0.25) is 0 Å². The van der Waals surface area contributed by atoms with Gasteiger partial charge in [0.25, 0.3) is 0 Å². The summed E-state index contributed by atoms with van der Waals surface area (Å²) in [4.78, 5) is 13.7. The van der Waals surface area contributed by atoms with E-state index in [2.05, 4.69) is 5.32 Å². The van der Waals surface area contributed by atoms with E-state index in [-0.39, 0.29) is 6.03 Å². The summed E-state index contributed by atoms with van der Waals surface area (Å²) >= 11 is 5.91. The van der Waals surface area contributed by atoms with Crippen LogP contribution in [0.5, 0.6) is 0 Å². The first-order chi connectivity index (χ1) is 10.9. The van der Waals surface area contributed by atoms with Gasteiger partial charge in [-0.2, -0.15) is 0 Å². The van der Waals surface area contributed by atoms with Gasteiger partial charge >= 0.3 is 6.03 Å². The number of hydrogen-bond acceptors (Lipinski definition) is 1. The van der Waals surface area contributed by atoms with Crippen LogP contribution in [0, 0.1) is 11.6 Å². The topological polar surface area (TPSA) is 32.3 Å². The molecule has 0 radical (unpaired) electrons. The summed E-state index contributed by atoms with van der Waals surface area (Å²) in [5, 5.41) is 3.35. The van der Waals surface area contributed by atoms with Crippen LogP contribution >= 0.6 is 11.6 Å². The zero-order valence-corrected chi connectivity index (χ0v) is 13.6. The number of rotatable bonds is 4. The molecule has 0 heterocycles. The van der Waals surface area contributed by atoms with E-state index in [9.17, 15) is 13.6 Å². The number of carbonyl (C=O) groups is 1. The predicted octanol–water partition coefficient (Wildman–Crippen LogP) is 4.52. The Balaban J connectivity index is 1.98. The van der Waals surface area contributed by atoms with Crippen LogP contribution in [-0.4, -0.2) is 18.0 Å². The molecular weight excluding hydrogens is 322 g/mol. The standard InChI is InChI=1S/C17H17ClF2N2O/c1-11(13-6-7-15(19)16(20)9-13)21-17(23)22(2)10-12-4-3-5-14(18)8-12/h3-9,11H,10H2,1-2H3,(H,21,23). The number of nitrogens with one attached hydrogen (secondary N) is 1. The maximum atomic E-state index is 13.3. The van der Waals surface area contributed by atoms with Crippen molar-refractivity contribution in [2.75, 3.05) is 7.05 Å². The minimum absolute atomic E-state index is 0.317. The maximum absolute atomic E-state index is 13.3. The van der Waals surface area contributed by atoms with Crippen LogP contribution in [0.25, 0.3) is 0 Å². The Bertz CT molecular complexity index is 709. The average molecular weight is 339 g/mol. The van der Waals surface area contributed by atoms with E-state index in [1.807, 2.05) is 12.1 Å². The predicted molar refractivity (Wildman–Crippen MR) is 86.2 cm³/mol. The van der Waals surface area contributed by atoms with Gasteiger partial charge in [0, 0.05) is 18.6 Å². The van der Waals surface area contributed by atoms with E-state index in [1.54, 1.807) is 26.1 Å². The van der Waals surface area contributed by atoms with Crippen LogP contribution in [-0.2, 0) is 6.54 Å². The van der Waals surface area contributed by atoms with Gasteiger partial charge in [-0.15, -0.1) is 0 Å². The molecule has 0 aliphatic heterocycles. The lowest BCUT2D eigenvalue weighted by atomic mass is 10.1. The Morgan fingerprint density at radius 3 is 2.61 bits per heavy atom. The van der Waals surface area contributed by atoms with Crippen molar-refractivity contribution in [3.63, 3.8) is 0 Å². The minimum atomic E-state index is -0.934. The zero-order valence-electron chi connectivity index (χ0n) is 12.8. The van der Waals surface area contributed by atoms with Crippen molar-refractivity contribution in [3.05, 3.63) is 70.2 Å². The van der Waals surface area contributed by atoms with Gasteiger partial charge in [0.1, 0.15) is 0 Å². The number of urea groups is 1. The van der Waals surface area contributed by atoms with Crippen molar-refractivity contribution in [2.45, 2.75) is 19.5 Å². The Labute approximate surface area is 138 Å². The molecule has 1 unspecified atom stereocenters. The minimum Gasteiger partial charge on any atom is -0.331 e. The molecule has 122 valence electrons. The second-order valence-electron chi connectivity index (χ2n) is 5.33. The van der Waals surface area contributed by atoms with Crippen molar-refractivity contribution in [1.82, 2.24) is 10.2 Å². The normalized spacial score (nSPS) is 11.9. The van der Waals surface area contributed by atoms with Crippen LogP contribution in [0.1, 0.15) is 24.1 Å². The third-order valence-corrected chi connectivity index (χ3v) is 3.67. The molecule has 0 saturated carbocycles. The summed E-state index contributed by atoms with van der Waals surface area (Å²) < 4.78 is 26.2. The monoisotopic (exact) mass is 338 g/mol. The molecule has 23 heavy (non-hydrogen) atoms. The van der Waals surface area contributed by atoms with Gasteiger partial charge < -0.3 is 10.2 Å². The van der Waals surface area contributed by atoms with Crippen LogP contribution in [0.3, 0.4) is 0 Å². The summed E-state index contributed by atoms with van der Waals surface area (Å²) in [6.45, 7) is 2.09. The van der Waals surface area contributed by atoms with Gasteiger partial charge in [0.15, 0.2) is 11.6 Å². The fraction of sp³-hybridized carbons (Fsp3) is 0.235. The molecule has 0 saturated heterocycles. The number of nitrogens with zero attached hydrogens (tertiary/aromatic N) is 1. The third-order valence-electron chi connectivity index (χ3n) is 3.44. The maximum Gasteiger partial charge on any atom is 0.317 e. The molecule has 0 aliphatic carbocycles. The number of benzene rings is 2. The van der Waals surface area contributed by atoms with Crippen LogP contribution in [0.15, 0.2) is 42.5 Å². The van der Waals surface area contributed by atoms with E-state index in [1.165, 1.54) is 11.0 Å². The quantitative estimate of drug-likeness (QED) is 0.873. The molecule has 3 nitrogen and oxygen atoms in total. The Morgan fingerprint density at radius 2 is 1.96 bits per heavy atom. The summed E-state index contributed by atoms with van der Waals surface area (Å²) in [6.07, 6.45) is 0. The smallest absolute Gasteiger partial charge is 0.317 e. The number of carbonyl (C=O) groups excluding carboxylic acids is 1. The van der Waals surface area contributed by atoms with E-state index in [0.29, 0.717) is 17.1 Å². The Morgan fingerprint density at radius 1 is 1.22 bits per heavy atom. The lowest BCUT2D eigenvalue weighted by Gasteiger charge is -2.22. The second-order valence-corrected chi connectivity index (χ2v) is 5.77. The third kappa shape index (κ3) is 4.66. The zero-order chi connectivity index (χ0) is 17.0. The van der Waals surface area contributed by atoms with Crippen molar-refractivity contribution in [3.8, 4) is 0 Å². The summed E-state index contributed by atoms with van der Waals surface area (Å²) in [6, 6.07) is 10.0. The second kappa shape index (κ2) is 7.42. The lowest BCUT2D eigenvalue weighted by Crippen LogP contribution is -2.38. The largest absolute Gasteiger partial charge is 0.331 e. The molecule has 2 aromatic carbocycles. The molecule has 0 fully saturated rings. The fourth-order valence-corrected chi connectivity index (χ4v) is 2.35. The van der Waals surface area contributed by atoms with Crippen LogP contribution < -0.4 is 5.32 Å². The Kier molecular flexibility index (Phi) is 5.55. The van der Waals surface area contributed by atoms with E-state index >= 15 is 0 Å². The highest BCUT2D eigenvalue weighted by molar-refractivity contribution is 6.30. The Hall–Kier alpha value is -2.14. The van der Waals surface area contributed by atoms with E-state index < -0.39 is 17.7 Å². The number of amides is 2. The molecule has 2 rings (SSSR count). The van der Waals surface area contributed by atoms with Gasteiger partial charge in [-0.25, -0.2) is 13.6 Å². The van der Waals surface area contributed by atoms with E-state index in [0.717, 1.165) is 17.7 Å². The van der Waals surface area contributed by atoms with Crippen molar-refractivity contribution >= 4 is 17.6 Å². The first kappa shape index (κ1) is 17.2. The molecular formula is C17H17ClF2N2O. The van der Waals surface area contributed by atoms with Crippen molar-refractivity contribution in [1.29, 1.82) is 0 Å². The highest BCUT2D eigenvalue weighted by atomic mass is 35.5. The van der Waals surface area contributed by atoms with Gasteiger partial charge in [0.05, 0.1) is 6.04 Å². The first-order valence-corrected chi connectivity index (χ1v) is 7.45. The van der Waals surface area contributed by atoms with Crippen molar-refractivity contribution < 1.29 is 13.6 Å². The van der Waals surface area contributed by atoms with Crippen LogP contribution in [0.4, 0.5) is 13.6 Å². The molecule has 2 amide bonds. The van der Waals surface area contributed by atoms with Gasteiger partial charge in [-0.05, 0) is 42.3 Å². The first-order valence-electron chi connectivity index (χ1n) is 7.08. The molecule has 1 atom stereocenters. The van der Waals surface area contributed by atoms with Crippen LogP contribution in [0.2, 0.25) is 5.02 Å². The fourth-order valence-electron chi connectivity index (χ4n) is 2.14. The van der Waals surface area contributed by atoms with Gasteiger partial charge in [0.2, 0.25) is 0 Å². The molecule has 1 N–H and O–H groups in total. The molecule has 0 aromatic heterocycles. The average Bonchev–Trinajstić information content (AvgIpc) is 2.49. The highest BCUT2D eigenvalue weighted by Crippen LogP contribution is 2.17. The van der Waals surface area contributed by atoms with E-state index in [4.69, 9.17) is 11.6 Å². The number of hydrogen-bond donors (Lipinski definition) is 1. The van der Waals surface area contributed by atoms with Gasteiger partial charge in [-0.1, -0.05) is 29.8 Å².